The summed E-state index contributed by atoms with van der Waals surface area (Å²) >= 11 is 3.42. The molecular weight excluding hydrogens is 308 g/mol. The van der Waals surface area contributed by atoms with E-state index in [1.807, 2.05) is 24.3 Å². The van der Waals surface area contributed by atoms with Gasteiger partial charge in [0.1, 0.15) is 6.33 Å². The highest BCUT2D eigenvalue weighted by molar-refractivity contribution is 9.10. The van der Waals surface area contributed by atoms with Gasteiger partial charge in [-0.15, -0.1) is 0 Å². The summed E-state index contributed by atoms with van der Waals surface area (Å²) < 4.78 is 2.63. The Morgan fingerprint density at radius 2 is 2.05 bits per heavy atom. The molecule has 0 spiro atoms. The molecule has 0 aliphatic rings. The van der Waals surface area contributed by atoms with Crippen LogP contribution in [0.5, 0.6) is 0 Å². The molecule has 2 N–H and O–H groups in total. The van der Waals surface area contributed by atoms with Crippen molar-refractivity contribution < 1.29 is 0 Å². The average Bonchev–Trinajstić information content (AvgIpc) is 2.92. The lowest BCUT2D eigenvalue weighted by atomic mass is 10.2. The Bertz CT molecular complexity index is 710. The second-order valence-electron chi connectivity index (χ2n) is 3.80. The van der Waals surface area contributed by atoms with E-state index in [2.05, 4.69) is 35.9 Å². The molecule has 0 unspecified atom stereocenters. The Hall–Kier alpha value is -2.28. The maximum atomic E-state index is 5.73. The van der Waals surface area contributed by atoms with Crippen molar-refractivity contribution in [3.63, 3.8) is 0 Å². The molecule has 0 saturated carbocycles. The first-order valence-electron chi connectivity index (χ1n) is 5.48. The van der Waals surface area contributed by atoms with E-state index in [0.29, 0.717) is 11.8 Å². The molecule has 2 aromatic heterocycles. The highest BCUT2D eigenvalue weighted by Crippen LogP contribution is 2.20. The van der Waals surface area contributed by atoms with Crippen molar-refractivity contribution >= 4 is 21.9 Å². The van der Waals surface area contributed by atoms with Crippen molar-refractivity contribution in [1.29, 1.82) is 0 Å². The molecule has 19 heavy (non-hydrogen) atoms. The van der Waals surface area contributed by atoms with Gasteiger partial charge in [0.25, 0.3) is 0 Å². The lowest BCUT2D eigenvalue weighted by molar-refractivity contribution is 0.906. The maximum absolute atomic E-state index is 5.73. The van der Waals surface area contributed by atoms with Crippen LogP contribution >= 0.6 is 15.9 Å². The third kappa shape index (κ3) is 2.45. The molecule has 0 saturated heterocycles. The molecule has 0 aliphatic carbocycles. The fourth-order valence-electron chi connectivity index (χ4n) is 1.63. The molecule has 2 heterocycles. The van der Waals surface area contributed by atoms with Crippen LogP contribution in [0.2, 0.25) is 0 Å². The predicted octanol–water partition coefficient (Wildman–Crippen LogP) is 2.07. The Balaban J connectivity index is 2.12. The van der Waals surface area contributed by atoms with Gasteiger partial charge in [-0.25, -0.2) is 4.98 Å². The van der Waals surface area contributed by atoms with Gasteiger partial charge in [-0.3, -0.25) is 4.57 Å². The highest BCUT2D eigenvalue weighted by Gasteiger charge is 2.08. The van der Waals surface area contributed by atoms with Gasteiger partial charge in [-0.1, -0.05) is 28.1 Å². The number of aromatic nitrogens is 5. The van der Waals surface area contributed by atoms with E-state index < -0.39 is 0 Å². The van der Waals surface area contributed by atoms with E-state index in [9.17, 15) is 0 Å². The van der Waals surface area contributed by atoms with E-state index in [0.717, 1.165) is 10.0 Å². The third-order valence-corrected chi connectivity index (χ3v) is 2.95. The van der Waals surface area contributed by atoms with Crippen molar-refractivity contribution in [3.05, 3.63) is 47.5 Å². The lowest BCUT2D eigenvalue weighted by Gasteiger charge is -2.05. The first-order valence-corrected chi connectivity index (χ1v) is 6.27. The van der Waals surface area contributed by atoms with E-state index in [1.165, 1.54) is 0 Å². The second kappa shape index (κ2) is 4.77. The Kier molecular flexibility index (Phi) is 2.96. The quantitative estimate of drug-likeness (QED) is 0.782. The monoisotopic (exact) mass is 316 g/mol. The zero-order valence-electron chi connectivity index (χ0n) is 9.73. The number of anilines is 1. The smallest absolute Gasteiger partial charge is 0.240 e. The molecule has 0 radical (unpaired) electrons. The van der Waals surface area contributed by atoms with E-state index in [1.54, 1.807) is 23.3 Å². The largest absolute Gasteiger partial charge is 0.368 e. The summed E-state index contributed by atoms with van der Waals surface area (Å²) in [5.41, 5.74) is 6.60. The summed E-state index contributed by atoms with van der Waals surface area (Å²) in [7, 11) is 0. The average molecular weight is 317 g/mol. The first-order chi connectivity index (χ1) is 9.22. The number of nitrogens with zero attached hydrogens (tertiary/aromatic N) is 5. The molecule has 0 aliphatic heterocycles. The van der Waals surface area contributed by atoms with Crippen molar-refractivity contribution in [2.75, 3.05) is 5.73 Å². The normalized spacial score (nSPS) is 10.6. The van der Waals surface area contributed by atoms with Crippen LogP contribution in [-0.4, -0.2) is 24.5 Å². The number of rotatable bonds is 2. The minimum absolute atomic E-state index is 0.175. The zero-order chi connectivity index (χ0) is 13.2. The molecule has 0 bridgehead atoms. The Morgan fingerprint density at radius 1 is 1.16 bits per heavy atom. The van der Waals surface area contributed by atoms with Crippen molar-refractivity contribution in [2.24, 2.45) is 0 Å². The second-order valence-corrected chi connectivity index (χ2v) is 4.71. The van der Waals surface area contributed by atoms with Crippen LogP contribution in [0.4, 0.5) is 5.95 Å². The van der Waals surface area contributed by atoms with Gasteiger partial charge in [0.05, 0.1) is 0 Å². The molecule has 3 rings (SSSR count). The Morgan fingerprint density at radius 3 is 2.79 bits per heavy atom. The predicted molar refractivity (Wildman–Crippen MR) is 74.5 cm³/mol. The van der Waals surface area contributed by atoms with E-state index >= 15 is 0 Å². The number of hydrogen-bond donors (Lipinski definition) is 1. The standard InChI is InChI=1S/C12H9BrN6/c13-9-3-1-2-8(6-9)10-16-11(14)18-12(17-10)19-5-4-15-7-19/h1-7H,(H2,14,16,17,18). The minimum atomic E-state index is 0.175. The number of benzene rings is 1. The number of halogens is 1. The molecular formula is C12H9BrN6. The first kappa shape index (κ1) is 11.8. The van der Waals surface area contributed by atoms with Gasteiger partial charge in [-0.2, -0.15) is 15.0 Å². The van der Waals surface area contributed by atoms with Gasteiger partial charge in [0.2, 0.25) is 11.9 Å². The number of hydrogen-bond acceptors (Lipinski definition) is 5. The van der Waals surface area contributed by atoms with Crippen LogP contribution < -0.4 is 5.73 Å². The number of nitrogen functional groups attached to an aromatic ring is 1. The van der Waals surface area contributed by atoms with E-state index in [4.69, 9.17) is 5.73 Å². The van der Waals surface area contributed by atoms with Gasteiger partial charge < -0.3 is 5.73 Å². The molecule has 7 heteroatoms. The molecule has 0 fully saturated rings. The summed E-state index contributed by atoms with van der Waals surface area (Å²) in [4.78, 5) is 16.6. The van der Waals surface area contributed by atoms with Crippen LogP contribution in [0.25, 0.3) is 17.3 Å². The Labute approximate surface area is 117 Å². The van der Waals surface area contributed by atoms with Crippen LogP contribution in [0, 0.1) is 0 Å². The number of nitrogens with two attached hydrogens (primary N) is 1. The number of imidazole rings is 1. The summed E-state index contributed by atoms with van der Waals surface area (Å²) in [5, 5.41) is 0. The minimum Gasteiger partial charge on any atom is -0.368 e. The SMILES string of the molecule is Nc1nc(-c2cccc(Br)c2)nc(-n2ccnc2)n1. The van der Waals surface area contributed by atoms with E-state index in [-0.39, 0.29) is 5.95 Å². The summed E-state index contributed by atoms with van der Waals surface area (Å²) in [6.45, 7) is 0. The molecule has 1 aromatic carbocycles. The van der Waals surface area contributed by atoms with Crippen molar-refractivity contribution in [3.8, 4) is 17.3 Å². The van der Waals surface area contributed by atoms with Gasteiger partial charge in [0.15, 0.2) is 5.82 Å². The molecule has 94 valence electrons. The van der Waals surface area contributed by atoms with Crippen LogP contribution in [-0.2, 0) is 0 Å². The molecule has 0 amide bonds. The molecule has 6 nitrogen and oxygen atoms in total. The van der Waals surface area contributed by atoms with Gasteiger partial charge >= 0.3 is 0 Å². The maximum Gasteiger partial charge on any atom is 0.240 e. The fourth-order valence-corrected chi connectivity index (χ4v) is 2.03. The zero-order valence-corrected chi connectivity index (χ0v) is 11.3. The lowest BCUT2D eigenvalue weighted by Crippen LogP contribution is -2.06. The van der Waals surface area contributed by atoms with Crippen molar-refractivity contribution in [1.82, 2.24) is 24.5 Å². The summed E-state index contributed by atoms with van der Waals surface area (Å²) in [6, 6.07) is 7.69. The summed E-state index contributed by atoms with van der Waals surface area (Å²) in [5.74, 6) is 1.14. The van der Waals surface area contributed by atoms with Gasteiger partial charge in [0, 0.05) is 22.4 Å². The fraction of sp³-hybridized carbons (Fsp3) is 0. The van der Waals surface area contributed by atoms with Gasteiger partial charge in [-0.05, 0) is 12.1 Å². The summed E-state index contributed by atoms with van der Waals surface area (Å²) in [6.07, 6.45) is 5.01. The third-order valence-electron chi connectivity index (χ3n) is 2.46. The van der Waals surface area contributed by atoms with Crippen LogP contribution in [0.15, 0.2) is 47.5 Å². The topological polar surface area (TPSA) is 82.5 Å². The van der Waals surface area contributed by atoms with Crippen LogP contribution in [0.1, 0.15) is 0 Å². The van der Waals surface area contributed by atoms with Crippen LogP contribution in [0.3, 0.4) is 0 Å². The molecule has 3 aromatic rings. The molecule has 0 atom stereocenters. The van der Waals surface area contributed by atoms with Crippen molar-refractivity contribution in [2.45, 2.75) is 0 Å². The highest BCUT2D eigenvalue weighted by atomic mass is 79.9.